The number of carbonyl (C=O) groups excluding carboxylic acids is 1. The lowest BCUT2D eigenvalue weighted by Crippen LogP contribution is -2.48. The molecule has 0 spiro atoms. The van der Waals surface area contributed by atoms with Crippen molar-refractivity contribution in [2.75, 3.05) is 26.2 Å². The van der Waals surface area contributed by atoms with Crippen LogP contribution < -0.4 is 0 Å². The fourth-order valence-electron chi connectivity index (χ4n) is 3.51. The first kappa shape index (κ1) is 19.5. The molecule has 11 heteroatoms. The highest BCUT2D eigenvalue weighted by Crippen LogP contribution is 2.24. The maximum absolute atomic E-state index is 12.8. The van der Waals surface area contributed by atoms with Crippen molar-refractivity contribution in [1.82, 2.24) is 19.2 Å². The average molecular weight is 410 g/mol. The van der Waals surface area contributed by atoms with Gasteiger partial charge in [-0.1, -0.05) is 6.07 Å². The molecule has 4 rings (SSSR count). The Morgan fingerprint density at radius 1 is 1.00 bits per heavy atom. The zero-order valence-electron chi connectivity index (χ0n) is 15.9. The molecule has 3 heterocycles. The molecule has 0 saturated carbocycles. The summed E-state index contributed by atoms with van der Waals surface area (Å²) in [5, 5.41) is 22.1. The molecule has 1 aliphatic heterocycles. The molecule has 1 fully saturated rings. The van der Waals surface area contributed by atoms with Gasteiger partial charge in [0, 0.05) is 57.3 Å². The van der Waals surface area contributed by atoms with Crippen molar-refractivity contribution in [3.8, 4) is 0 Å². The molecule has 0 bridgehead atoms. The molecule has 0 atom stereocenters. The zero-order valence-corrected chi connectivity index (χ0v) is 15.9. The van der Waals surface area contributed by atoms with Crippen LogP contribution in [-0.2, 0) is 6.54 Å². The number of piperazine rings is 1. The first-order valence-corrected chi connectivity index (χ1v) is 9.29. The lowest BCUT2D eigenvalue weighted by Gasteiger charge is -2.34. The van der Waals surface area contributed by atoms with Crippen LogP contribution in [0.5, 0.6) is 0 Å². The number of hydrogen-bond donors (Lipinski definition) is 0. The molecule has 3 aromatic rings. The van der Waals surface area contributed by atoms with Crippen LogP contribution in [0.3, 0.4) is 0 Å². The van der Waals surface area contributed by atoms with Crippen molar-refractivity contribution in [1.29, 1.82) is 0 Å². The van der Waals surface area contributed by atoms with Crippen LogP contribution in [0, 0.1) is 20.2 Å². The standard InChI is InChI=1S/C19H18N6O5/c26-19(14-9-16(24(27)28)11-17(10-14)25(29)30)22-7-5-21(6-8-22)12-15-13-23-4-2-1-3-18(23)20-15/h1-4,9-11,13H,5-8,12H2. The number of non-ortho nitro benzene ring substituents is 2. The van der Waals surface area contributed by atoms with Gasteiger partial charge < -0.3 is 9.30 Å². The van der Waals surface area contributed by atoms with E-state index in [1.54, 1.807) is 4.90 Å². The van der Waals surface area contributed by atoms with Gasteiger partial charge in [-0.3, -0.25) is 29.9 Å². The molecule has 0 N–H and O–H groups in total. The maximum Gasteiger partial charge on any atom is 0.277 e. The summed E-state index contributed by atoms with van der Waals surface area (Å²) < 4.78 is 1.95. The molecule has 30 heavy (non-hydrogen) atoms. The van der Waals surface area contributed by atoms with Gasteiger partial charge in [-0.2, -0.15) is 0 Å². The summed E-state index contributed by atoms with van der Waals surface area (Å²) in [7, 11) is 0. The minimum Gasteiger partial charge on any atom is -0.336 e. The highest BCUT2D eigenvalue weighted by atomic mass is 16.6. The summed E-state index contributed by atoms with van der Waals surface area (Å²) >= 11 is 0. The van der Waals surface area contributed by atoms with Crippen LogP contribution >= 0.6 is 0 Å². The molecule has 2 aromatic heterocycles. The Balaban J connectivity index is 1.43. The number of fused-ring (bicyclic) bond motifs is 1. The molecule has 0 aliphatic carbocycles. The zero-order chi connectivity index (χ0) is 21.3. The molecule has 1 aliphatic rings. The van der Waals surface area contributed by atoms with Crippen LogP contribution in [0.2, 0.25) is 0 Å². The van der Waals surface area contributed by atoms with Gasteiger partial charge >= 0.3 is 0 Å². The fourth-order valence-corrected chi connectivity index (χ4v) is 3.51. The Labute approximate surface area is 170 Å². The number of hydrogen-bond acceptors (Lipinski definition) is 7. The average Bonchev–Trinajstić information content (AvgIpc) is 3.15. The van der Waals surface area contributed by atoms with Gasteiger partial charge in [0.05, 0.1) is 27.2 Å². The molecular formula is C19H18N6O5. The second-order valence-electron chi connectivity index (χ2n) is 7.02. The Bertz CT molecular complexity index is 1070. The lowest BCUT2D eigenvalue weighted by molar-refractivity contribution is -0.394. The number of nitrogens with zero attached hydrogens (tertiary/aromatic N) is 6. The second kappa shape index (κ2) is 7.87. The van der Waals surface area contributed by atoms with E-state index in [1.807, 2.05) is 35.0 Å². The van der Waals surface area contributed by atoms with Crippen molar-refractivity contribution in [2.45, 2.75) is 6.54 Å². The van der Waals surface area contributed by atoms with Gasteiger partial charge in [0.2, 0.25) is 0 Å². The van der Waals surface area contributed by atoms with E-state index in [-0.39, 0.29) is 5.56 Å². The molecule has 154 valence electrons. The third-order valence-corrected chi connectivity index (χ3v) is 5.03. The normalized spacial score (nSPS) is 14.7. The molecule has 1 amide bonds. The topological polar surface area (TPSA) is 127 Å². The smallest absolute Gasteiger partial charge is 0.277 e. The minimum absolute atomic E-state index is 0.0512. The van der Waals surface area contributed by atoms with Gasteiger partial charge in [0.25, 0.3) is 17.3 Å². The maximum atomic E-state index is 12.8. The van der Waals surface area contributed by atoms with E-state index in [9.17, 15) is 25.0 Å². The van der Waals surface area contributed by atoms with Crippen LogP contribution in [-0.4, -0.2) is 61.1 Å². The Morgan fingerprint density at radius 2 is 1.67 bits per heavy atom. The second-order valence-corrected chi connectivity index (χ2v) is 7.02. The molecule has 0 unspecified atom stereocenters. The number of amides is 1. The first-order chi connectivity index (χ1) is 14.4. The number of imidazole rings is 1. The third kappa shape index (κ3) is 3.96. The van der Waals surface area contributed by atoms with Crippen LogP contribution in [0.15, 0.2) is 48.8 Å². The Hall–Kier alpha value is -3.86. The summed E-state index contributed by atoms with van der Waals surface area (Å²) in [4.78, 5) is 41.7. The van der Waals surface area contributed by atoms with E-state index >= 15 is 0 Å². The van der Waals surface area contributed by atoms with Gasteiger partial charge in [0.1, 0.15) is 5.65 Å². The van der Waals surface area contributed by atoms with Crippen molar-refractivity contribution in [2.24, 2.45) is 0 Å². The minimum atomic E-state index is -0.740. The van der Waals surface area contributed by atoms with E-state index < -0.39 is 27.1 Å². The number of pyridine rings is 1. The summed E-state index contributed by atoms with van der Waals surface area (Å²) in [6, 6.07) is 8.80. The van der Waals surface area contributed by atoms with Gasteiger partial charge in [-0.15, -0.1) is 0 Å². The summed E-state index contributed by atoms with van der Waals surface area (Å²) in [5.41, 5.74) is 0.796. The number of benzene rings is 1. The summed E-state index contributed by atoms with van der Waals surface area (Å²) in [6.45, 7) is 2.70. The number of nitro groups is 2. The van der Waals surface area contributed by atoms with Crippen LogP contribution in [0.25, 0.3) is 5.65 Å². The van der Waals surface area contributed by atoms with Crippen LogP contribution in [0.4, 0.5) is 11.4 Å². The number of aromatic nitrogens is 2. The van der Waals surface area contributed by atoms with Crippen molar-refractivity contribution >= 4 is 22.9 Å². The van der Waals surface area contributed by atoms with Crippen molar-refractivity contribution in [3.63, 3.8) is 0 Å². The largest absolute Gasteiger partial charge is 0.336 e. The molecular weight excluding hydrogens is 392 g/mol. The number of nitro benzene ring substituents is 2. The summed E-state index contributed by atoms with van der Waals surface area (Å²) in [6.07, 6.45) is 3.90. The van der Waals surface area contributed by atoms with E-state index in [4.69, 9.17) is 0 Å². The predicted octanol–water partition coefficient (Wildman–Crippen LogP) is 2.11. The van der Waals surface area contributed by atoms with Gasteiger partial charge in [-0.05, 0) is 12.1 Å². The molecule has 11 nitrogen and oxygen atoms in total. The van der Waals surface area contributed by atoms with E-state index in [0.717, 1.165) is 29.5 Å². The molecule has 0 radical (unpaired) electrons. The lowest BCUT2D eigenvalue weighted by atomic mass is 10.1. The Kier molecular flexibility index (Phi) is 5.11. The van der Waals surface area contributed by atoms with Crippen LogP contribution in [0.1, 0.15) is 16.1 Å². The quantitative estimate of drug-likeness (QED) is 0.465. The van der Waals surface area contributed by atoms with Gasteiger partial charge in [0.15, 0.2) is 0 Å². The summed E-state index contributed by atoms with van der Waals surface area (Å²) in [5.74, 6) is -0.450. The Morgan fingerprint density at radius 3 is 2.27 bits per heavy atom. The number of rotatable bonds is 5. The SMILES string of the molecule is O=C(c1cc([N+](=O)[O-])cc([N+](=O)[O-])c1)N1CCN(Cc2cn3ccccc3n2)CC1. The highest BCUT2D eigenvalue weighted by molar-refractivity contribution is 5.95. The van der Waals surface area contributed by atoms with E-state index in [2.05, 4.69) is 9.88 Å². The number of carbonyl (C=O) groups is 1. The fraction of sp³-hybridized carbons (Fsp3) is 0.263. The first-order valence-electron chi connectivity index (χ1n) is 9.29. The monoisotopic (exact) mass is 410 g/mol. The highest BCUT2D eigenvalue weighted by Gasteiger charge is 2.26. The van der Waals surface area contributed by atoms with Crippen molar-refractivity contribution in [3.05, 3.63) is 80.3 Å². The van der Waals surface area contributed by atoms with Crippen molar-refractivity contribution < 1.29 is 14.6 Å². The predicted molar refractivity (Wildman–Crippen MR) is 106 cm³/mol. The third-order valence-electron chi connectivity index (χ3n) is 5.03. The van der Waals surface area contributed by atoms with E-state index in [0.29, 0.717) is 32.7 Å². The van der Waals surface area contributed by atoms with E-state index in [1.165, 1.54) is 0 Å². The van der Waals surface area contributed by atoms with Gasteiger partial charge in [-0.25, -0.2) is 4.98 Å². The molecule has 1 saturated heterocycles. The molecule has 1 aromatic carbocycles.